The summed E-state index contributed by atoms with van der Waals surface area (Å²) in [6, 6.07) is 2.54. The lowest BCUT2D eigenvalue weighted by Crippen LogP contribution is -2.11. The summed E-state index contributed by atoms with van der Waals surface area (Å²) in [6.45, 7) is 0.566. The highest BCUT2D eigenvalue weighted by Crippen LogP contribution is 2.34. The van der Waals surface area contributed by atoms with E-state index in [-0.39, 0.29) is 5.69 Å². The van der Waals surface area contributed by atoms with Gasteiger partial charge in [0.25, 0.3) is 0 Å². The summed E-state index contributed by atoms with van der Waals surface area (Å²) in [5.74, 6) is 0.293. The summed E-state index contributed by atoms with van der Waals surface area (Å²) in [6.07, 6.45) is 3.26. The normalized spacial score (nSPS) is 15.5. The summed E-state index contributed by atoms with van der Waals surface area (Å²) in [5.41, 5.74) is -0.0943. The fraction of sp³-hybridized carbons (Fsp3) is 0.455. The quantitative estimate of drug-likeness (QED) is 0.898. The largest absolute Gasteiger partial charge is 0.492 e. The van der Waals surface area contributed by atoms with Crippen molar-refractivity contribution in [2.24, 2.45) is 5.92 Å². The number of rotatable bonds is 5. The molecule has 1 saturated carbocycles. The molecule has 1 aliphatic carbocycles. The zero-order valence-corrected chi connectivity index (χ0v) is 12.1. The second-order valence-electron chi connectivity index (χ2n) is 4.39. The Labute approximate surface area is 114 Å². The highest BCUT2D eigenvalue weighted by atomic mass is 79.9. The van der Waals surface area contributed by atoms with Crippen molar-refractivity contribution in [3.63, 3.8) is 0 Å². The lowest BCUT2D eigenvalue weighted by Gasteiger charge is -2.11. The first-order chi connectivity index (χ1) is 8.35. The van der Waals surface area contributed by atoms with E-state index in [1.807, 2.05) is 0 Å². The van der Waals surface area contributed by atoms with E-state index in [1.54, 1.807) is 0 Å². The fourth-order valence-corrected chi connectivity index (χ4v) is 2.42. The molecule has 0 bridgehead atoms. The first-order valence-electron chi connectivity index (χ1n) is 5.45. The second-order valence-corrected chi connectivity index (χ2v) is 6.99. The molecule has 1 N–H and O–H groups in total. The van der Waals surface area contributed by atoms with Gasteiger partial charge in [-0.25, -0.2) is 12.8 Å². The van der Waals surface area contributed by atoms with Crippen molar-refractivity contribution in [3.05, 3.63) is 22.4 Å². The van der Waals surface area contributed by atoms with Crippen molar-refractivity contribution >= 4 is 31.6 Å². The molecule has 100 valence electrons. The number of sulfonamides is 1. The second kappa shape index (κ2) is 5.05. The third-order valence-electron chi connectivity index (χ3n) is 2.49. The molecule has 1 aromatic rings. The molecular formula is C11H13BrFNO3S. The monoisotopic (exact) mass is 337 g/mol. The van der Waals surface area contributed by atoms with Crippen LogP contribution in [0.1, 0.15) is 12.8 Å². The molecule has 2 rings (SSSR count). The molecule has 4 nitrogen and oxygen atoms in total. The van der Waals surface area contributed by atoms with Crippen molar-refractivity contribution in [1.29, 1.82) is 0 Å². The van der Waals surface area contributed by atoms with Crippen LogP contribution < -0.4 is 9.46 Å². The Bertz CT molecular complexity index is 558. The number of nitrogens with one attached hydrogen (secondary N) is 1. The minimum atomic E-state index is -3.50. The maximum Gasteiger partial charge on any atom is 0.229 e. The standard InChI is InChI=1S/C11H13BrFNO3S/c1-18(15,16)14-10-4-8(12)11(5-9(10)13)17-6-7-2-3-7/h4-5,7,14H,2-3,6H2,1H3. The van der Waals surface area contributed by atoms with Gasteiger partial charge in [-0.1, -0.05) is 0 Å². The van der Waals surface area contributed by atoms with Crippen LogP contribution in [-0.4, -0.2) is 21.3 Å². The number of hydrogen-bond acceptors (Lipinski definition) is 3. The Hall–Kier alpha value is -0.820. The van der Waals surface area contributed by atoms with Crippen LogP contribution in [0.4, 0.5) is 10.1 Å². The maximum atomic E-state index is 13.7. The van der Waals surface area contributed by atoms with Gasteiger partial charge in [0.05, 0.1) is 23.0 Å². The number of hydrogen-bond donors (Lipinski definition) is 1. The van der Waals surface area contributed by atoms with Crippen LogP contribution in [0.15, 0.2) is 16.6 Å². The molecule has 0 aromatic heterocycles. The molecule has 0 heterocycles. The molecule has 0 radical (unpaired) electrons. The molecule has 0 atom stereocenters. The van der Waals surface area contributed by atoms with Crippen molar-refractivity contribution in [2.45, 2.75) is 12.8 Å². The highest BCUT2D eigenvalue weighted by molar-refractivity contribution is 9.10. The lowest BCUT2D eigenvalue weighted by atomic mass is 10.3. The number of anilines is 1. The first kappa shape index (κ1) is 13.6. The smallest absolute Gasteiger partial charge is 0.229 e. The number of ether oxygens (including phenoxy) is 1. The topological polar surface area (TPSA) is 55.4 Å². The van der Waals surface area contributed by atoms with Gasteiger partial charge in [0.15, 0.2) is 5.82 Å². The molecule has 0 amide bonds. The van der Waals surface area contributed by atoms with Gasteiger partial charge in [0, 0.05) is 6.07 Å². The predicted molar refractivity (Wildman–Crippen MR) is 70.8 cm³/mol. The highest BCUT2D eigenvalue weighted by Gasteiger charge is 2.22. The molecule has 0 unspecified atom stereocenters. The number of halogens is 2. The Kier molecular flexibility index (Phi) is 3.82. The van der Waals surface area contributed by atoms with Gasteiger partial charge in [-0.3, -0.25) is 4.72 Å². The minimum Gasteiger partial charge on any atom is -0.492 e. The van der Waals surface area contributed by atoms with E-state index in [9.17, 15) is 12.8 Å². The van der Waals surface area contributed by atoms with E-state index in [0.29, 0.717) is 22.7 Å². The van der Waals surface area contributed by atoms with Gasteiger partial charge in [0.2, 0.25) is 10.0 Å². The zero-order chi connectivity index (χ0) is 13.3. The molecule has 7 heteroatoms. The zero-order valence-electron chi connectivity index (χ0n) is 9.74. The summed E-state index contributed by atoms with van der Waals surface area (Å²) < 4.78 is 43.9. The maximum absolute atomic E-state index is 13.7. The Morgan fingerprint density at radius 1 is 1.50 bits per heavy atom. The van der Waals surface area contributed by atoms with Crippen LogP contribution in [0.2, 0.25) is 0 Å². The predicted octanol–water partition coefficient (Wildman–Crippen LogP) is 2.75. The Morgan fingerprint density at radius 3 is 2.72 bits per heavy atom. The van der Waals surface area contributed by atoms with E-state index in [0.717, 1.165) is 19.1 Å². The average Bonchev–Trinajstić information content (AvgIpc) is 3.02. The molecule has 0 spiro atoms. The SMILES string of the molecule is CS(=O)(=O)Nc1cc(Br)c(OCC2CC2)cc1F. The Morgan fingerprint density at radius 2 is 2.17 bits per heavy atom. The van der Waals surface area contributed by atoms with Crippen molar-refractivity contribution in [3.8, 4) is 5.75 Å². The van der Waals surface area contributed by atoms with Crippen LogP contribution in [0, 0.1) is 11.7 Å². The van der Waals surface area contributed by atoms with Gasteiger partial charge in [-0.2, -0.15) is 0 Å². The van der Waals surface area contributed by atoms with Crippen LogP contribution in [0.5, 0.6) is 5.75 Å². The van der Waals surface area contributed by atoms with Gasteiger partial charge in [-0.15, -0.1) is 0 Å². The van der Waals surface area contributed by atoms with Gasteiger partial charge < -0.3 is 4.74 Å². The van der Waals surface area contributed by atoms with E-state index in [4.69, 9.17) is 4.74 Å². The average molecular weight is 338 g/mol. The molecule has 0 aliphatic heterocycles. The molecule has 0 saturated heterocycles. The third kappa shape index (κ3) is 3.84. The van der Waals surface area contributed by atoms with Crippen LogP contribution in [-0.2, 0) is 10.0 Å². The lowest BCUT2D eigenvalue weighted by molar-refractivity contribution is 0.296. The third-order valence-corrected chi connectivity index (χ3v) is 3.70. The molecular weight excluding hydrogens is 325 g/mol. The van der Waals surface area contributed by atoms with Gasteiger partial charge in [-0.05, 0) is 40.8 Å². The van der Waals surface area contributed by atoms with Crippen molar-refractivity contribution < 1.29 is 17.5 Å². The van der Waals surface area contributed by atoms with E-state index >= 15 is 0 Å². The summed E-state index contributed by atoms with van der Waals surface area (Å²) in [7, 11) is -3.50. The first-order valence-corrected chi connectivity index (χ1v) is 8.13. The van der Waals surface area contributed by atoms with Crippen molar-refractivity contribution in [2.75, 3.05) is 17.6 Å². The van der Waals surface area contributed by atoms with Crippen LogP contribution in [0.25, 0.3) is 0 Å². The summed E-state index contributed by atoms with van der Waals surface area (Å²) >= 11 is 3.23. The summed E-state index contributed by atoms with van der Waals surface area (Å²) in [4.78, 5) is 0. The Balaban J connectivity index is 2.16. The van der Waals surface area contributed by atoms with Crippen LogP contribution >= 0.6 is 15.9 Å². The van der Waals surface area contributed by atoms with E-state index in [2.05, 4.69) is 20.7 Å². The number of benzene rings is 1. The minimum absolute atomic E-state index is 0.0943. The molecule has 1 aliphatic rings. The summed E-state index contributed by atoms with van der Waals surface area (Å²) in [5, 5.41) is 0. The van der Waals surface area contributed by atoms with Crippen LogP contribution in [0.3, 0.4) is 0 Å². The molecule has 1 fully saturated rings. The molecule has 1 aromatic carbocycles. The van der Waals surface area contributed by atoms with Crippen molar-refractivity contribution in [1.82, 2.24) is 0 Å². The van der Waals surface area contributed by atoms with E-state index < -0.39 is 15.8 Å². The van der Waals surface area contributed by atoms with E-state index in [1.165, 1.54) is 12.1 Å². The molecule has 18 heavy (non-hydrogen) atoms. The fourth-order valence-electron chi connectivity index (χ4n) is 1.41. The van der Waals surface area contributed by atoms with Gasteiger partial charge >= 0.3 is 0 Å². The van der Waals surface area contributed by atoms with Gasteiger partial charge in [0.1, 0.15) is 5.75 Å².